The van der Waals surface area contributed by atoms with Gasteiger partial charge in [-0.3, -0.25) is 9.59 Å². The zero-order chi connectivity index (χ0) is 24.1. The number of benzene rings is 2. The molecule has 1 aliphatic heterocycles. The van der Waals surface area contributed by atoms with Gasteiger partial charge in [-0.25, -0.2) is 0 Å². The average Bonchev–Trinajstić information content (AvgIpc) is 3.27. The van der Waals surface area contributed by atoms with E-state index in [1.165, 1.54) is 28.3 Å². The number of hydrogen-bond donors (Lipinski definition) is 0. The van der Waals surface area contributed by atoms with Gasteiger partial charge >= 0.3 is 5.97 Å². The molecule has 2 aromatic rings. The zero-order valence-electron chi connectivity index (χ0n) is 19.4. The number of amides is 1. The van der Waals surface area contributed by atoms with Crippen molar-refractivity contribution < 1.29 is 33.3 Å². The number of hydrogen-bond acceptors (Lipinski definition) is 9. The first-order valence-corrected chi connectivity index (χ1v) is 10.1. The van der Waals surface area contributed by atoms with Gasteiger partial charge in [0.15, 0.2) is 18.1 Å². The number of ether oxygens (including phenoxy) is 5. The van der Waals surface area contributed by atoms with Gasteiger partial charge in [-0.15, -0.1) is 5.10 Å². The predicted octanol–water partition coefficient (Wildman–Crippen LogP) is 2.56. The molecule has 0 fully saturated rings. The Labute approximate surface area is 192 Å². The Balaban J connectivity index is 2.00. The molecular weight excluding hydrogens is 430 g/mol. The molecular formula is C23H27N3O7. The van der Waals surface area contributed by atoms with Crippen LogP contribution in [0.4, 0.5) is 5.69 Å². The zero-order valence-corrected chi connectivity index (χ0v) is 19.4. The Morgan fingerprint density at radius 1 is 1.03 bits per heavy atom. The van der Waals surface area contributed by atoms with Crippen LogP contribution < -0.4 is 19.1 Å². The first-order chi connectivity index (χ1) is 15.8. The van der Waals surface area contributed by atoms with E-state index < -0.39 is 24.7 Å². The number of anilines is 1. The van der Waals surface area contributed by atoms with Crippen LogP contribution in [0.1, 0.15) is 24.3 Å². The molecule has 0 bridgehead atoms. The summed E-state index contributed by atoms with van der Waals surface area (Å²) in [5.74, 6) is 0.313. The van der Waals surface area contributed by atoms with Crippen LogP contribution in [0.2, 0.25) is 0 Å². The second kappa shape index (κ2) is 10.1. The maximum Gasteiger partial charge on any atom is 0.303 e. The minimum Gasteiger partial charge on any atom is -0.493 e. The quantitative estimate of drug-likeness (QED) is 0.558. The Kier molecular flexibility index (Phi) is 7.27. The van der Waals surface area contributed by atoms with Crippen molar-refractivity contribution in [2.24, 2.45) is 5.10 Å². The average molecular weight is 457 g/mol. The van der Waals surface area contributed by atoms with Gasteiger partial charge in [-0.05, 0) is 36.4 Å². The monoisotopic (exact) mass is 457 g/mol. The SMILES string of the molecule is COc1cc(C2OC(c3ccc(N(C)C)cc3)=NN2C(=O)COC(C)=O)cc(OC)c1OC. The minimum absolute atomic E-state index is 0.246. The lowest BCUT2D eigenvalue weighted by Gasteiger charge is -2.22. The van der Waals surface area contributed by atoms with Gasteiger partial charge in [-0.2, -0.15) is 5.01 Å². The van der Waals surface area contributed by atoms with Crippen LogP contribution in [0, 0.1) is 0 Å². The maximum atomic E-state index is 12.9. The molecule has 3 rings (SSSR count). The number of carbonyl (C=O) groups excluding carboxylic acids is 2. The van der Waals surface area contributed by atoms with Crippen LogP contribution in [0.3, 0.4) is 0 Å². The van der Waals surface area contributed by atoms with Crippen LogP contribution >= 0.6 is 0 Å². The van der Waals surface area contributed by atoms with Crippen LogP contribution in [-0.2, 0) is 19.1 Å². The Morgan fingerprint density at radius 2 is 1.64 bits per heavy atom. The molecule has 176 valence electrons. The second-order valence-electron chi connectivity index (χ2n) is 7.29. The van der Waals surface area contributed by atoms with E-state index in [0.29, 0.717) is 28.4 Å². The molecule has 1 aliphatic rings. The smallest absolute Gasteiger partial charge is 0.303 e. The van der Waals surface area contributed by atoms with Crippen molar-refractivity contribution in [3.63, 3.8) is 0 Å². The molecule has 1 unspecified atom stereocenters. The number of hydrazone groups is 1. The highest BCUT2D eigenvalue weighted by Crippen LogP contribution is 2.42. The topological polar surface area (TPSA) is 99.1 Å². The number of methoxy groups -OCH3 is 3. The lowest BCUT2D eigenvalue weighted by molar-refractivity contribution is -0.153. The van der Waals surface area contributed by atoms with E-state index in [1.807, 2.05) is 43.3 Å². The molecule has 2 aromatic carbocycles. The predicted molar refractivity (Wildman–Crippen MR) is 121 cm³/mol. The fourth-order valence-corrected chi connectivity index (χ4v) is 3.23. The van der Waals surface area contributed by atoms with E-state index in [9.17, 15) is 9.59 Å². The summed E-state index contributed by atoms with van der Waals surface area (Å²) in [5, 5.41) is 5.52. The van der Waals surface area contributed by atoms with Gasteiger partial charge < -0.3 is 28.6 Å². The molecule has 0 radical (unpaired) electrons. The third kappa shape index (κ3) is 5.11. The van der Waals surface area contributed by atoms with Crippen molar-refractivity contribution >= 4 is 23.5 Å². The van der Waals surface area contributed by atoms with Crippen LogP contribution in [0.15, 0.2) is 41.5 Å². The maximum absolute atomic E-state index is 12.9. The fraction of sp³-hybridized carbons (Fsp3) is 0.348. The van der Waals surface area contributed by atoms with Gasteiger partial charge in [0.1, 0.15) is 0 Å². The van der Waals surface area contributed by atoms with Crippen molar-refractivity contribution in [2.75, 3.05) is 46.9 Å². The molecule has 1 amide bonds. The van der Waals surface area contributed by atoms with Crippen LogP contribution in [0.25, 0.3) is 0 Å². The number of esters is 1. The largest absolute Gasteiger partial charge is 0.493 e. The summed E-state index contributed by atoms with van der Waals surface area (Å²) in [5.41, 5.74) is 2.21. The number of carbonyl (C=O) groups is 2. The van der Waals surface area contributed by atoms with Gasteiger partial charge in [0.2, 0.25) is 17.9 Å². The Hall–Kier alpha value is -3.95. The molecule has 1 heterocycles. The van der Waals surface area contributed by atoms with Gasteiger partial charge in [0.25, 0.3) is 5.91 Å². The van der Waals surface area contributed by atoms with E-state index in [2.05, 4.69) is 5.10 Å². The van der Waals surface area contributed by atoms with E-state index in [0.717, 1.165) is 10.7 Å². The van der Waals surface area contributed by atoms with Crippen LogP contribution in [-0.4, -0.2) is 64.8 Å². The third-order valence-corrected chi connectivity index (χ3v) is 4.90. The van der Waals surface area contributed by atoms with Gasteiger partial charge in [0.05, 0.1) is 21.3 Å². The number of nitrogens with zero attached hydrogens (tertiary/aromatic N) is 3. The van der Waals surface area contributed by atoms with Crippen molar-refractivity contribution in [2.45, 2.75) is 13.2 Å². The van der Waals surface area contributed by atoms with Crippen molar-refractivity contribution in [1.29, 1.82) is 0 Å². The van der Waals surface area contributed by atoms with E-state index in [1.54, 1.807) is 12.1 Å². The lowest BCUT2D eigenvalue weighted by Crippen LogP contribution is -2.31. The number of rotatable bonds is 8. The Morgan fingerprint density at radius 3 is 2.12 bits per heavy atom. The first-order valence-electron chi connectivity index (χ1n) is 10.1. The Bertz CT molecular complexity index is 1030. The summed E-state index contributed by atoms with van der Waals surface area (Å²) in [6, 6.07) is 10.9. The summed E-state index contributed by atoms with van der Waals surface area (Å²) >= 11 is 0. The van der Waals surface area contributed by atoms with Crippen molar-refractivity contribution in [3.8, 4) is 17.2 Å². The van der Waals surface area contributed by atoms with Crippen molar-refractivity contribution in [3.05, 3.63) is 47.5 Å². The van der Waals surface area contributed by atoms with Crippen molar-refractivity contribution in [1.82, 2.24) is 5.01 Å². The first kappa shape index (κ1) is 23.7. The molecule has 0 aliphatic carbocycles. The van der Waals surface area contributed by atoms with E-state index >= 15 is 0 Å². The summed E-state index contributed by atoms with van der Waals surface area (Å²) in [6.07, 6.45) is -0.940. The lowest BCUT2D eigenvalue weighted by atomic mass is 10.1. The summed E-state index contributed by atoms with van der Waals surface area (Å²) < 4.78 is 27.2. The normalized spacial score (nSPS) is 14.8. The summed E-state index contributed by atoms with van der Waals surface area (Å²) in [6.45, 7) is 0.751. The molecule has 0 spiro atoms. The van der Waals surface area contributed by atoms with Gasteiger partial charge in [-0.1, -0.05) is 0 Å². The third-order valence-electron chi connectivity index (χ3n) is 4.90. The molecule has 10 heteroatoms. The molecule has 1 atom stereocenters. The molecule has 10 nitrogen and oxygen atoms in total. The van der Waals surface area contributed by atoms with Crippen LogP contribution in [0.5, 0.6) is 17.2 Å². The standard InChI is InChI=1S/C23H27N3O7/c1-14(27)32-13-20(28)26-23(16-11-18(29-4)21(31-6)19(12-16)30-5)33-22(24-26)15-7-9-17(10-8-15)25(2)3/h7-12,23H,13H2,1-6H3. The minimum atomic E-state index is -0.940. The summed E-state index contributed by atoms with van der Waals surface area (Å²) in [7, 11) is 8.37. The van der Waals surface area contributed by atoms with E-state index in [4.69, 9.17) is 23.7 Å². The molecule has 33 heavy (non-hydrogen) atoms. The molecule has 0 aromatic heterocycles. The molecule has 0 N–H and O–H groups in total. The highest BCUT2D eigenvalue weighted by molar-refractivity contribution is 5.97. The molecule has 0 saturated heterocycles. The second-order valence-corrected chi connectivity index (χ2v) is 7.29. The van der Waals surface area contributed by atoms with E-state index in [-0.39, 0.29) is 5.90 Å². The highest BCUT2D eigenvalue weighted by atomic mass is 16.6. The fourth-order valence-electron chi connectivity index (χ4n) is 3.23. The molecule has 0 saturated carbocycles. The van der Waals surface area contributed by atoms with Gasteiger partial charge in [0, 0.05) is 37.8 Å². The summed E-state index contributed by atoms with van der Waals surface area (Å²) in [4.78, 5) is 26.0. The highest BCUT2D eigenvalue weighted by Gasteiger charge is 2.36.